The van der Waals surface area contributed by atoms with E-state index >= 15 is 0 Å². The average molecular weight is 284 g/mol. The van der Waals surface area contributed by atoms with Crippen LogP contribution in [-0.4, -0.2) is 12.5 Å². The van der Waals surface area contributed by atoms with Gasteiger partial charge in [-0.3, -0.25) is 4.79 Å². The number of amides is 1. The summed E-state index contributed by atoms with van der Waals surface area (Å²) in [5, 5.41) is 2.74. The molecule has 21 heavy (non-hydrogen) atoms. The summed E-state index contributed by atoms with van der Waals surface area (Å²) in [7, 11) is 0. The predicted molar refractivity (Wildman–Crippen MR) is 84.9 cm³/mol. The zero-order valence-electron chi connectivity index (χ0n) is 12.6. The first-order valence-corrected chi connectivity index (χ1v) is 6.94. The molecule has 2 aromatic rings. The minimum absolute atomic E-state index is 0.137. The molecular formula is C17H20N2O2. The first kappa shape index (κ1) is 14.9. The number of nitrogens with two attached hydrogens (primary N) is 1. The maximum absolute atomic E-state index is 11.8. The van der Waals surface area contributed by atoms with Gasteiger partial charge in [-0.2, -0.15) is 0 Å². The van der Waals surface area contributed by atoms with Gasteiger partial charge in [0.25, 0.3) is 5.91 Å². The van der Waals surface area contributed by atoms with Crippen molar-refractivity contribution in [3.8, 4) is 11.5 Å². The standard InChI is InChI=1S/C17H20N2O2/c1-4-19-17(20)13-7-8-15(14(18)10-13)21-16-9-11(2)5-6-12(16)3/h5-10H,4,18H2,1-3H3,(H,19,20). The van der Waals surface area contributed by atoms with E-state index in [2.05, 4.69) is 5.32 Å². The lowest BCUT2D eigenvalue weighted by atomic mass is 10.1. The molecule has 2 rings (SSSR count). The van der Waals surface area contributed by atoms with E-state index in [9.17, 15) is 4.79 Å². The minimum Gasteiger partial charge on any atom is -0.455 e. The summed E-state index contributed by atoms with van der Waals surface area (Å²) in [5.74, 6) is 1.19. The molecule has 1 amide bonds. The summed E-state index contributed by atoms with van der Waals surface area (Å²) in [6, 6.07) is 11.1. The fourth-order valence-electron chi connectivity index (χ4n) is 1.98. The van der Waals surface area contributed by atoms with Crippen LogP contribution in [0, 0.1) is 13.8 Å². The summed E-state index contributed by atoms with van der Waals surface area (Å²) >= 11 is 0. The Kier molecular flexibility index (Phi) is 4.48. The van der Waals surface area contributed by atoms with Crippen molar-refractivity contribution in [1.82, 2.24) is 5.32 Å². The van der Waals surface area contributed by atoms with Crippen LogP contribution in [0.4, 0.5) is 5.69 Å². The molecule has 0 saturated heterocycles. The highest BCUT2D eigenvalue weighted by Gasteiger charge is 2.09. The number of nitrogens with one attached hydrogen (secondary N) is 1. The minimum atomic E-state index is -0.137. The van der Waals surface area contributed by atoms with E-state index in [1.165, 1.54) is 0 Å². The maximum Gasteiger partial charge on any atom is 0.251 e. The van der Waals surface area contributed by atoms with Crippen molar-refractivity contribution < 1.29 is 9.53 Å². The predicted octanol–water partition coefficient (Wildman–Crippen LogP) is 3.43. The molecule has 110 valence electrons. The summed E-state index contributed by atoms with van der Waals surface area (Å²) in [6.45, 7) is 6.45. The average Bonchev–Trinajstić information content (AvgIpc) is 2.45. The molecule has 0 radical (unpaired) electrons. The Hall–Kier alpha value is -2.49. The van der Waals surface area contributed by atoms with Crippen molar-refractivity contribution in [1.29, 1.82) is 0 Å². The highest BCUT2D eigenvalue weighted by molar-refractivity contribution is 5.95. The Labute approximate surface area is 124 Å². The molecule has 0 heterocycles. The molecule has 3 N–H and O–H groups in total. The smallest absolute Gasteiger partial charge is 0.251 e. The molecule has 0 unspecified atom stereocenters. The third kappa shape index (κ3) is 3.54. The zero-order valence-corrected chi connectivity index (χ0v) is 12.6. The molecule has 0 spiro atoms. The van der Waals surface area contributed by atoms with Gasteiger partial charge in [0.15, 0.2) is 0 Å². The van der Waals surface area contributed by atoms with Crippen LogP contribution in [0.15, 0.2) is 36.4 Å². The number of anilines is 1. The first-order valence-electron chi connectivity index (χ1n) is 6.94. The van der Waals surface area contributed by atoms with Crippen molar-refractivity contribution in [2.24, 2.45) is 0 Å². The fraction of sp³-hybridized carbons (Fsp3) is 0.235. The van der Waals surface area contributed by atoms with Crippen molar-refractivity contribution in [3.63, 3.8) is 0 Å². The number of hydrogen-bond acceptors (Lipinski definition) is 3. The van der Waals surface area contributed by atoms with Crippen LogP contribution < -0.4 is 15.8 Å². The molecule has 0 aromatic heterocycles. The molecule has 0 aliphatic heterocycles. The first-order chi connectivity index (χ1) is 10.0. The number of carbonyl (C=O) groups excluding carboxylic acids is 1. The number of nitrogen functional groups attached to an aromatic ring is 1. The molecule has 0 aliphatic rings. The molecule has 4 nitrogen and oxygen atoms in total. The van der Waals surface area contributed by atoms with Crippen molar-refractivity contribution >= 4 is 11.6 Å². The highest BCUT2D eigenvalue weighted by Crippen LogP contribution is 2.30. The van der Waals surface area contributed by atoms with Crippen molar-refractivity contribution in [3.05, 3.63) is 53.1 Å². The third-order valence-electron chi connectivity index (χ3n) is 3.17. The van der Waals surface area contributed by atoms with Crippen molar-refractivity contribution in [2.75, 3.05) is 12.3 Å². The van der Waals surface area contributed by atoms with E-state index in [0.717, 1.165) is 16.9 Å². The summed E-state index contributed by atoms with van der Waals surface area (Å²) in [4.78, 5) is 11.8. The Morgan fingerprint density at radius 3 is 2.57 bits per heavy atom. The molecule has 4 heteroatoms. The van der Waals surface area contributed by atoms with Gasteiger partial charge in [0.2, 0.25) is 0 Å². The van der Waals surface area contributed by atoms with E-state index in [1.54, 1.807) is 18.2 Å². The zero-order chi connectivity index (χ0) is 15.4. The normalized spacial score (nSPS) is 10.2. The van der Waals surface area contributed by atoms with Crippen molar-refractivity contribution in [2.45, 2.75) is 20.8 Å². The Bertz CT molecular complexity index is 666. The second kappa shape index (κ2) is 6.31. The van der Waals surface area contributed by atoms with E-state index < -0.39 is 0 Å². The Balaban J connectivity index is 2.25. The van der Waals surface area contributed by atoms with E-state index in [-0.39, 0.29) is 5.91 Å². The van der Waals surface area contributed by atoms with Gasteiger partial charge in [-0.1, -0.05) is 12.1 Å². The molecular weight excluding hydrogens is 264 g/mol. The van der Waals surface area contributed by atoms with Crippen LogP contribution in [-0.2, 0) is 0 Å². The lowest BCUT2D eigenvalue weighted by Gasteiger charge is -2.12. The molecule has 2 aromatic carbocycles. The van der Waals surface area contributed by atoms with E-state index in [0.29, 0.717) is 23.5 Å². The maximum atomic E-state index is 11.8. The van der Waals surface area contributed by atoms with Gasteiger partial charge in [0.05, 0.1) is 5.69 Å². The van der Waals surface area contributed by atoms with E-state index in [1.807, 2.05) is 39.0 Å². The number of rotatable bonds is 4. The number of ether oxygens (including phenoxy) is 1. The lowest BCUT2D eigenvalue weighted by molar-refractivity contribution is 0.0956. The quantitative estimate of drug-likeness (QED) is 0.845. The third-order valence-corrected chi connectivity index (χ3v) is 3.17. The van der Waals surface area contributed by atoms with Crippen LogP contribution in [0.2, 0.25) is 0 Å². The van der Waals surface area contributed by atoms with Crippen LogP contribution in [0.5, 0.6) is 11.5 Å². The van der Waals surface area contributed by atoms with E-state index in [4.69, 9.17) is 10.5 Å². The fourth-order valence-corrected chi connectivity index (χ4v) is 1.98. The second-order valence-corrected chi connectivity index (χ2v) is 4.98. The SMILES string of the molecule is CCNC(=O)c1ccc(Oc2cc(C)ccc2C)c(N)c1. The Morgan fingerprint density at radius 2 is 1.90 bits per heavy atom. The van der Waals surface area contributed by atoms with Gasteiger partial charge in [-0.05, 0) is 56.2 Å². The number of aryl methyl sites for hydroxylation is 2. The molecule has 0 aliphatic carbocycles. The van der Waals surface area contributed by atoms with Gasteiger partial charge in [-0.25, -0.2) is 0 Å². The Morgan fingerprint density at radius 1 is 1.14 bits per heavy atom. The van der Waals surface area contributed by atoms with Gasteiger partial charge in [0.1, 0.15) is 11.5 Å². The van der Waals surface area contributed by atoms with Gasteiger partial charge < -0.3 is 15.8 Å². The number of carbonyl (C=O) groups is 1. The number of hydrogen-bond donors (Lipinski definition) is 2. The summed E-state index contributed by atoms with van der Waals surface area (Å²) < 4.78 is 5.86. The molecule has 0 fully saturated rings. The van der Waals surface area contributed by atoms with Gasteiger partial charge >= 0.3 is 0 Å². The van der Waals surface area contributed by atoms with Crippen LogP contribution in [0.25, 0.3) is 0 Å². The van der Waals surface area contributed by atoms with Crippen LogP contribution in [0.1, 0.15) is 28.4 Å². The molecule has 0 saturated carbocycles. The molecule has 0 bridgehead atoms. The monoisotopic (exact) mass is 284 g/mol. The van der Waals surface area contributed by atoms with Crippen LogP contribution >= 0.6 is 0 Å². The largest absolute Gasteiger partial charge is 0.455 e. The lowest BCUT2D eigenvalue weighted by Crippen LogP contribution is -2.22. The van der Waals surface area contributed by atoms with Gasteiger partial charge in [0, 0.05) is 12.1 Å². The second-order valence-electron chi connectivity index (χ2n) is 4.98. The highest BCUT2D eigenvalue weighted by atomic mass is 16.5. The summed E-state index contributed by atoms with van der Waals surface area (Å²) in [6.07, 6.45) is 0. The number of benzene rings is 2. The molecule has 0 atom stereocenters. The topological polar surface area (TPSA) is 64.3 Å². The summed E-state index contributed by atoms with van der Waals surface area (Å²) in [5.41, 5.74) is 9.11. The van der Waals surface area contributed by atoms with Gasteiger partial charge in [-0.15, -0.1) is 0 Å². The van der Waals surface area contributed by atoms with Crippen LogP contribution in [0.3, 0.4) is 0 Å².